The number of carbonyl (C=O) groups is 1. The highest BCUT2D eigenvalue weighted by molar-refractivity contribution is 5.91. The molecule has 3 aromatic rings. The van der Waals surface area contributed by atoms with Crippen molar-refractivity contribution in [1.82, 2.24) is 14.9 Å². The summed E-state index contributed by atoms with van der Waals surface area (Å²) < 4.78 is 45.2. The van der Waals surface area contributed by atoms with E-state index in [2.05, 4.69) is 15.3 Å². The summed E-state index contributed by atoms with van der Waals surface area (Å²) in [6.07, 6.45) is 0.109. The first kappa shape index (κ1) is 32.2. The Hall–Kier alpha value is -3.77. The summed E-state index contributed by atoms with van der Waals surface area (Å²) in [5, 5.41) is 15.8. The number of aryl methyl sites for hydroxylation is 1. The van der Waals surface area contributed by atoms with E-state index in [0.29, 0.717) is 52.5 Å². The average Bonchev–Trinajstić information content (AvgIpc) is 2.91. The quantitative estimate of drug-likeness (QED) is 0.280. The molecule has 0 spiro atoms. The van der Waals surface area contributed by atoms with Crippen molar-refractivity contribution in [3.63, 3.8) is 0 Å². The van der Waals surface area contributed by atoms with E-state index in [1.165, 1.54) is 26.4 Å². The Labute approximate surface area is 250 Å². The van der Waals surface area contributed by atoms with E-state index in [1.54, 1.807) is 30.0 Å². The summed E-state index contributed by atoms with van der Waals surface area (Å²) in [4.78, 5) is 23.4. The number of piperidine rings is 1. The van der Waals surface area contributed by atoms with Gasteiger partial charge in [0.15, 0.2) is 0 Å². The number of aromatic nitrogens is 2. The van der Waals surface area contributed by atoms with Gasteiger partial charge in [0.2, 0.25) is 0 Å². The lowest BCUT2D eigenvalue weighted by Crippen LogP contribution is -2.46. The molecule has 0 radical (unpaired) electrons. The highest BCUT2D eigenvalue weighted by atomic mass is 19.3. The summed E-state index contributed by atoms with van der Waals surface area (Å²) in [5.41, 5.74) is 5.71. The Morgan fingerprint density at radius 1 is 1.14 bits per heavy atom. The summed E-state index contributed by atoms with van der Waals surface area (Å²) in [6, 6.07) is 7.35. The molecular formula is C31H41F2N5O5. The van der Waals surface area contributed by atoms with Crippen molar-refractivity contribution in [2.75, 3.05) is 45.0 Å². The molecule has 1 fully saturated rings. The van der Waals surface area contributed by atoms with Crippen molar-refractivity contribution in [2.24, 2.45) is 0 Å². The molecule has 2 heterocycles. The number of benzene rings is 2. The number of aliphatic hydroxyl groups is 1. The number of amides is 1. The molecule has 0 aliphatic carbocycles. The number of ether oxygens (including phenoxy) is 3. The third-order valence-electron chi connectivity index (χ3n) is 7.45. The maximum absolute atomic E-state index is 14.7. The highest BCUT2D eigenvalue weighted by Crippen LogP contribution is 2.42. The van der Waals surface area contributed by atoms with Gasteiger partial charge in [-0.3, -0.25) is 0 Å². The Kier molecular flexibility index (Phi) is 9.03. The number of hydrogen-bond acceptors (Lipinski definition) is 9. The van der Waals surface area contributed by atoms with Crippen LogP contribution in [0, 0.1) is 6.92 Å². The van der Waals surface area contributed by atoms with Crippen molar-refractivity contribution in [3.8, 4) is 5.75 Å². The van der Waals surface area contributed by atoms with Crippen molar-refractivity contribution >= 4 is 28.5 Å². The topological polar surface area (TPSA) is 132 Å². The van der Waals surface area contributed by atoms with Crippen LogP contribution in [-0.4, -0.2) is 65.6 Å². The molecule has 1 aromatic heterocycles. The zero-order valence-corrected chi connectivity index (χ0v) is 25.8. The van der Waals surface area contributed by atoms with Crippen LogP contribution in [0.5, 0.6) is 5.75 Å². The fourth-order valence-corrected chi connectivity index (χ4v) is 5.26. The smallest absolute Gasteiger partial charge is 0.410 e. The number of nitrogen functional groups attached to an aromatic ring is 1. The van der Waals surface area contributed by atoms with Crippen LogP contribution < -0.4 is 15.8 Å². The van der Waals surface area contributed by atoms with E-state index < -0.39 is 35.9 Å². The first-order valence-electron chi connectivity index (χ1n) is 14.2. The lowest BCUT2D eigenvalue weighted by atomic mass is 9.83. The van der Waals surface area contributed by atoms with E-state index >= 15 is 0 Å². The number of alkyl halides is 2. The number of nitrogens with two attached hydrogens (primary N) is 1. The summed E-state index contributed by atoms with van der Waals surface area (Å²) >= 11 is 0. The van der Waals surface area contributed by atoms with Gasteiger partial charge in [-0.1, -0.05) is 0 Å². The number of methoxy groups -OCH3 is 2. The fourth-order valence-electron chi connectivity index (χ4n) is 5.26. The van der Waals surface area contributed by atoms with E-state index in [9.17, 15) is 18.7 Å². The Bertz CT molecular complexity index is 1490. The van der Waals surface area contributed by atoms with Crippen LogP contribution in [-0.2, 0) is 21.0 Å². The molecule has 12 heteroatoms. The molecule has 1 atom stereocenters. The second kappa shape index (κ2) is 12.1. The van der Waals surface area contributed by atoms with Gasteiger partial charge in [-0.2, -0.15) is 8.78 Å². The van der Waals surface area contributed by atoms with Gasteiger partial charge in [-0.15, -0.1) is 0 Å². The minimum Gasteiger partial charge on any atom is -0.496 e. The number of likely N-dealkylation sites (tertiary alicyclic amines) is 1. The third-order valence-corrected chi connectivity index (χ3v) is 7.45. The van der Waals surface area contributed by atoms with Crippen LogP contribution in [0.4, 0.5) is 25.1 Å². The van der Waals surface area contributed by atoms with Crippen LogP contribution >= 0.6 is 0 Å². The molecule has 0 unspecified atom stereocenters. The second-order valence-corrected chi connectivity index (χ2v) is 12.1. The predicted molar refractivity (Wildman–Crippen MR) is 160 cm³/mol. The standard InChI is InChI=1S/C31H41F2N5O5/c1-18(20-12-21(14-22(34)13-20)31(32,33)17-41-6)35-27-23-15-24(26(42-7)16-25(23)36-19(2)37-27)30(40)8-10-38(11-9-30)28(39)43-29(3,4)5/h12-16,18,40H,8-11,17,34H2,1-7H3,(H,35,36,37)/t18-/m1/s1. The van der Waals surface area contributed by atoms with E-state index in [0.717, 1.165) is 0 Å². The van der Waals surface area contributed by atoms with E-state index in [1.807, 2.05) is 27.7 Å². The maximum atomic E-state index is 14.7. The fraction of sp³-hybridized carbons (Fsp3) is 0.516. The highest BCUT2D eigenvalue weighted by Gasteiger charge is 2.39. The first-order valence-corrected chi connectivity index (χ1v) is 14.2. The van der Waals surface area contributed by atoms with Crippen LogP contribution in [0.3, 0.4) is 0 Å². The minimum absolute atomic E-state index is 0.202. The molecule has 1 amide bonds. The molecule has 4 N–H and O–H groups in total. The third kappa shape index (κ3) is 7.24. The molecule has 0 bridgehead atoms. The van der Waals surface area contributed by atoms with Gasteiger partial charge in [0.05, 0.1) is 24.3 Å². The zero-order chi connectivity index (χ0) is 31.7. The number of fused-ring (bicyclic) bond motifs is 1. The number of rotatable bonds is 8. The van der Waals surface area contributed by atoms with Crippen molar-refractivity contribution in [2.45, 2.75) is 70.6 Å². The predicted octanol–water partition coefficient (Wildman–Crippen LogP) is 5.66. The molecule has 1 aliphatic heterocycles. The first-order chi connectivity index (χ1) is 20.0. The maximum Gasteiger partial charge on any atom is 0.410 e. The molecule has 1 saturated heterocycles. The molecule has 1 aliphatic rings. The molecule has 43 heavy (non-hydrogen) atoms. The van der Waals surface area contributed by atoms with Gasteiger partial charge in [0, 0.05) is 48.5 Å². The van der Waals surface area contributed by atoms with E-state index in [-0.39, 0.29) is 24.1 Å². The molecule has 2 aromatic carbocycles. The number of halogens is 2. The van der Waals surface area contributed by atoms with Gasteiger partial charge in [0.1, 0.15) is 29.6 Å². The Morgan fingerprint density at radius 3 is 2.42 bits per heavy atom. The van der Waals surface area contributed by atoms with Gasteiger partial charge < -0.3 is 35.3 Å². The number of nitrogens with one attached hydrogen (secondary N) is 1. The Morgan fingerprint density at radius 2 is 1.81 bits per heavy atom. The van der Waals surface area contributed by atoms with Gasteiger partial charge in [0.25, 0.3) is 5.92 Å². The number of carbonyl (C=O) groups excluding carboxylic acids is 1. The van der Waals surface area contributed by atoms with Crippen molar-refractivity contribution in [3.05, 3.63) is 52.8 Å². The normalized spacial score (nSPS) is 16.2. The minimum atomic E-state index is -3.21. The van der Waals surface area contributed by atoms with Crippen molar-refractivity contribution < 1.29 is 32.9 Å². The van der Waals surface area contributed by atoms with E-state index in [4.69, 9.17) is 19.9 Å². The average molecular weight is 602 g/mol. The van der Waals surface area contributed by atoms with Crippen LogP contribution in [0.15, 0.2) is 30.3 Å². The Balaban J connectivity index is 1.67. The molecule has 0 saturated carbocycles. The van der Waals surface area contributed by atoms with Gasteiger partial charge >= 0.3 is 6.09 Å². The summed E-state index contributed by atoms with van der Waals surface area (Å²) in [6.45, 7) is 8.82. The van der Waals surface area contributed by atoms with Gasteiger partial charge in [-0.25, -0.2) is 14.8 Å². The molecule has 4 rings (SSSR count). The molecule has 10 nitrogen and oxygen atoms in total. The van der Waals surface area contributed by atoms with Gasteiger partial charge in [-0.05, 0) is 77.3 Å². The largest absolute Gasteiger partial charge is 0.496 e. The molecular weight excluding hydrogens is 560 g/mol. The zero-order valence-electron chi connectivity index (χ0n) is 25.8. The summed E-state index contributed by atoms with van der Waals surface area (Å²) in [7, 11) is 2.74. The number of nitrogens with zero attached hydrogens (tertiary/aromatic N) is 3. The number of hydrogen-bond donors (Lipinski definition) is 3. The SMILES string of the molecule is COCC(F)(F)c1cc(N)cc([C@@H](C)Nc2nc(C)nc3cc(OC)c(C4(O)CCN(C(=O)OC(C)(C)C)CC4)cc23)c1. The van der Waals surface area contributed by atoms with Crippen LogP contribution in [0.2, 0.25) is 0 Å². The van der Waals surface area contributed by atoms with Crippen molar-refractivity contribution in [1.29, 1.82) is 0 Å². The lowest BCUT2D eigenvalue weighted by molar-refractivity contribution is -0.0698. The van der Waals surface area contributed by atoms with Crippen LogP contribution in [0.1, 0.15) is 69.1 Å². The van der Waals surface area contributed by atoms with Crippen LogP contribution in [0.25, 0.3) is 10.9 Å². The summed E-state index contributed by atoms with van der Waals surface area (Å²) in [5.74, 6) is -1.81. The molecule has 234 valence electrons. The lowest BCUT2D eigenvalue weighted by Gasteiger charge is -2.39. The monoisotopic (exact) mass is 601 g/mol. The second-order valence-electron chi connectivity index (χ2n) is 12.1. The number of anilines is 2.